The van der Waals surface area contributed by atoms with E-state index in [0.717, 1.165) is 0 Å². The maximum absolute atomic E-state index is 10.1. The van der Waals surface area contributed by atoms with Crippen LogP contribution in [0, 0.1) is 0 Å². The van der Waals surface area contributed by atoms with Crippen molar-refractivity contribution in [2.24, 2.45) is 0 Å². The number of halogens is 1. The SMILES string of the molecule is O=C(Cl)COc1ccon1. The molecule has 0 aliphatic rings. The summed E-state index contributed by atoms with van der Waals surface area (Å²) in [5.41, 5.74) is 0. The Kier molecular flexibility index (Phi) is 2.28. The molecule has 0 spiro atoms. The second kappa shape index (κ2) is 3.22. The predicted octanol–water partition coefficient (Wildman–Crippen LogP) is 0.819. The molecule has 4 nitrogen and oxygen atoms in total. The van der Waals surface area contributed by atoms with Gasteiger partial charge in [0.25, 0.3) is 11.1 Å². The van der Waals surface area contributed by atoms with Gasteiger partial charge in [-0.1, -0.05) is 0 Å². The number of aromatic nitrogens is 1. The minimum Gasteiger partial charge on any atom is -0.466 e. The molecule has 5 heteroatoms. The molecule has 0 aliphatic heterocycles. The molecule has 0 aliphatic carbocycles. The zero-order valence-electron chi connectivity index (χ0n) is 4.91. The van der Waals surface area contributed by atoms with E-state index in [-0.39, 0.29) is 12.5 Å². The highest BCUT2D eigenvalue weighted by Crippen LogP contribution is 2.03. The number of hydrogen-bond donors (Lipinski definition) is 0. The molecule has 10 heavy (non-hydrogen) atoms. The first-order valence-corrected chi connectivity index (χ1v) is 2.88. The molecule has 0 atom stereocenters. The molecule has 0 bridgehead atoms. The Morgan fingerprint density at radius 3 is 3.20 bits per heavy atom. The fourth-order valence-electron chi connectivity index (χ4n) is 0.407. The van der Waals surface area contributed by atoms with Crippen molar-refractivity contribution < 1.29 is 14.1 Å². The molecular weight excluding hydrogens is 158 g/mol. The van der Waals surface area contributed by atoms with Crippen molar-refractivity contribution >= 4 is 16.8 Å². The average Bonchev–Trinajstić information content (AvgIpc) is 2.34. The molecule has 0 radical (unpaired) electrons. The molecule has 1 rings (SSSR count). The Hall–Kier alpha value is -1.03. The number of carbonyl (C=O) groups is 1. The first-order chi connectivity index (χ1) is 4.79. The lowest BCUT2D eigenvalue weighted by Crippen LogP contribution is -2.04. The van der Waals surface area contributed by atoms with Crippen LogP contribution in [-0.2, 0) is 4.79 Å². The molecule has 1 heterocycles. The molecule has 0 fully saturated rings. The summed E-state index contributed by atoms with van der Waals surface area (Å²) in [5.74, 6) is 0.258. The van der Waals surface area contributed by atoms with E-state index in [0.29, 0.717) is 0 Å². The van der Waals surface area contributed by atoms with Gasteiger partial charge in [0.2, 0.25) is 0 Å². The van der Waals surface area contributed by atoms with Gasteiger partial charge in [-0.15, -0.1) is 0 Å². The van der Waals surface area contributed by atoms with Crippen molar-refractivity contribution in [1.82, 2.24) is 5.16 Å². The standard InChI is InChI=1S/C5H4ClNO3/c6-4(8)3-9-5-1-2-10-7-5/h1-2H,3H2. The van der Waals surface area contributed by atoms with Crippen LogP contribution in [-0.4, -0.2) is 17.0 Å². The third-order valence-electron chi connectivity index (χ3n) is 0.748. The molecular formula is C5H4ClNO3. The van der Waals surface area contributed by atoms with E-state index >= 15 is 0 Å². The highest BCUT2D eigenvalue weighted by atomic mass is 35.5. The van der Waals surface area contributed by atoms with Crippen LogP contribution in [0.25, 0.3) is 0 Å². The smallest absolute Gasteiger partial charge is 0.259 e. The number of hydrogen-bond acceptors (Lipinski definition) is 4. The summed E-state index contributed by atoms with van der Waals surface area (Å²) in [6.07, 6.45) is 1.34. The molecule has 0 aromatic carbocycles. The van der Waals surface area contributed by atoms with E-state index in [9.17, 15) is 4.79 Å². The lowest BCUT2D eigenvalue weighted by Gasteiger charge is -1.93. The quantitative estimate of drug-likeness (QED) is 0.616. The Bertz CT molecular complexity index is 209. The van der Waals surface area contributed by atoms with Crippen LogP contribution in [0.5, 0.6) is 5.88 Å². The van der Waals surface area contributed by atoms with E-state index in [4.69, 9.17) is 16.3 Å². The number of rotatable bonds is 3. The first-order valence-electron chi connectivity index (χ1n) is 2.50. The van der Waals surface area contributed by atoms with Crippen molar-refractivity contribution in [2.75, 3.05) is 6.61 Å². The number of carbonyl (C=O) groups excluding carboxylic acids is 1. The van der Waals surface area contributed by atoms with Crippen LogP contribution in [0.3, 0.4) is 0 Å². The molecule has 1 aromatic rings. The van der Waals surface area contributed by atoms with Gasteiger partial charge in [0.15, 0.2) is 6.61 Å². The molecule has 0 amide bonds. The van der Waals surface area contributed by atoms with E-state index in [1.54, 1.807) is 0 Å². The normalized spacial score (nSPS) is 9.30. The molecule has 0 saturated carbocycles. The zero-order valence-corrected chi connectivity index (χ0v) is 5.67. The van der Waals surface area contributed by atoms with Crippen LogP contribution < -0.4 is 4.74 Å². The van der Waals surface area contributed by atoms with Crippen LogP contribution in [0.1, 0.15) is 0 Å². The topological polar surface area (TPSA) is 52.3 Å². The second-order valence-electron chi connectivity index (χ2n) is 1.48. The number of ether oxygens (including phenoxy) is 1. The fourth-order valence-corrected chi connectivity index (χ4v) is 0.461. The van der Waals surface area contributed by atoms with E-state index < -0.39 is 5.24 Å². The first kappa shape index (κ1) is 7.08. The van der Waals surface area contributed by atoms with Gasteiger partial charge in [-0.2, -0.15) is 0 Å². The Balaban J connectivity index is 2.35. The average molecular weight is 162 g/mol. The summed E-state index contributed by atoms with van der Waals surface area (Å²) in [6.45, 7) is -0.186. The van der Waals surface area contributed by atoms with E-state index in [1.165, 1.54) is 12.3 Å². The number of nitrogens with zero attached hydrogens (tertiary/aromatic N) is 1. The highest BCUT2D eigenvalue weighted by molar-refractivity contribution is 6.63. The van der Waals surface area contributed by atoms with Crippen molar-refractivity contribution in [2.45, 2.75) is 0 Å². The highest BCUT2D eigenvalue weighted by Gasteiger charge is 1.99. The summed E-state index contributed by atoms with van der Waals surface area (Å²) < 4.78 is 9.14. The van der Waals surface area contributed by atoms with Crippen molar-refractivity contribution in [3.63, 3.8) is 0 Å². The van der Waals surface area contributed by atoms with Gasteiger partial charge in [0.05, 0.1) is 0 Å². The predicted molar refractivity (Wildman–Crippen MR) is 32.9 cm³/mol. The Morgan fingerprint density at radius 1 is 1.90 bits per heavy atom. The van der Waals surface area contributed by atoms with Crippen LogP contribution in [0.2, 0.25) is 0 Å². The summed E-state index contributed by atoms with van der Waals surface area (Å²) >= 11 is 4.97. The van der Waals surface area contributed by atoms with Crippen LogP contribution >= 0.6 is 11.6 Å². The third-order valence-corrected chi connectivity index (χ3v) is 0.857. The van der Waals surface area contributed by atoms with Crippen LogP contribution in [0.4, 0.5) is 0 Å². The zero-order chi connectivity index (χ0) is 7.40. The second-order valence-corrected chi connectivity index (χ2v) is 1.90. The molecule has 1 aromatic heterocycles. The molecule has 54 valence electrons. The summed E-state index contributed by atoms with van der Waals surface area (Å²) in [5, 5.41) is 2.81. The summed E-state index contributed by atoms with van der Waals surface area (Å²) in [6, 6.07) is 1.49. The van der Waals surface area contributed by atoms with Crippen molar-refractivity contribution in [3.05, 3.63) is 12.3 Å². The molecule has 0 saturated heterocycles. The molecule has 0 N–H and O–H groups in total. The van der Waals surface area contributed by atoms with E-state index in [2.05, 4.69) is 9.68 Å². The van der Waals surface area contributed by atoms with Crippen molar-refractivity contribution in [1.29, 1.82) is 0 Å². The minimum atomic E-state index is -0.567. The monoisotopic (exact) mass is 161 g/mol. The maximum Gasteiger partial charge on any atom is 0.259 e. The van der Waals surface area contributed by atoms with Gasteiger partial charge < -0.3 is 9.26 Å². The van der Waals surface area contributed by atoms with Crippen LogP contribution in [0.15, 0.2) is 16.9 Å². The molecule has 0 unspecified atom stereocenters. The Labute approximate surface area is 61.7 Å². The largest absolute Gasteiger partial charge is 0.466 e. The van der Waals surface area contributed by atoms with Gasteiger partial charge >= 0.3 is 0 Å². The lowest BCUT2D eigenvalue weighted by atomic mass is 10.7. The van der Waals surface area contributed by atoms with Gasteiger partial charge in [-0.25, -0.2) is 0 Å². The van der Waals surface area contributed by atoms with Gasteiger partial charge in [-0.05, 0) is 16.8 Å². The maximum atomic E-state index is 10.1. The van der Waals surface area contributed by atoms with Gasteiger partial charge in [0, 0.05) is 6.07 Å². The fraction of sp³-hybridized carbons (Fsp3) is 0.200. The summed E-state index contributed by atoms with van der Waals surface area (Å²) in [4.78, 5) is 10.1. The summed E-state index contributed by atoms with van der Waals surface area (Å²) in [7, 11) is 0. The Morgan fingerprint density at radius 2 is 2.70 bits per heavy atom. The third kappa shape index (κ3) is 2.06. The van der Waals surface area contributed by atoms with Crippen molar-refractivity contribution in [3.8, 4) is 5.88 Å². The van der Waals surface area contributed by atoms with Gasteiger partial charge in [-0.3, -0.25) is 4.79 Å². The van der Waals surface area contributed by atoms with E-state index in [1.807, 2.05) is 0 Å². The minimum absolute atomic E-state index is 0.186. The van der Waals surface area contributed by atoms with Gasteiger partial charge in [0.1, 0.15) is 6.26 Å². The lowest BCUT2D eigenvalue weighted by molar-refractivity contribution is -0.113.